The molecule has 0 aliphatic rings. The van der Waals surface area contributed by atoms with Crippen molar-refractivity contribution in [1.82, 2.24) is 19.6 Å². The van der Waals surface area contributed by atoms with E-state index in [-0.39, 0.29) is 0 Å². The van der Waals surface area contributed by atoms with Gasteiger partial charge in [0.25, 0.3) is 0 Å². The molecule has 0 atom stereocenters. The van der Waals surface area contributed by atoms with Gasteiger partial charge in [0.1, 0.15) is 5.69 Å². The van der Waals surface area contributed by atoms with Crippen LogP contribution in [0.5, 0.6) is 0 Å². The third-order valence-corrected chi connectivity index (χ3v) is 4.12. The summed E-state index contributed by atoms with van der Waals surface area (Å²) in [4.78, 5) is 12.1. The van der Waals surface area contributed by atoms with Crippen LogP contribution in [-0.4, -0.2) is 33.7 Å². The van der Waals surface area contributed by atoms with E-state index in [0.29, 0.717) is 17.5 Å². The van der Waals surface area contributed by atoms with E-state index in [1.807, 2.05) is 54.7 Å². The molecule has 110 valence electrons. The molecule has 4 rings (SSSR count). The Bertz CT molecular complexity index is 909. The molecular formula is C15H13N5OS. The third-order valence-electron chi connectivity index (χ3n) is 3.23. The number of hydrogen-bond donors (Lipinski definition) is 0. The van der Waals surface area contributed by atoms with Crippen LogP contribution >= 0.6 is 11.3 Å². The van der Waals surface area contributed by atoms with Crippen molar-refractivity contribution >= 4 is 22.9 Å². The van der Waals surface area contributed by atoms with Gasteiger partial charge in [-0.25, -0.2) is 0 Å². The maximum absolute atomic E-state index is 5.50. The van der Waals surface area contributed by atoms with Crippen molar-refractivity contribution in [1.29, 1.82) is 0 Å². The summed E-state index contributed by atoms with van der Waals surface area (Å²) < 4.78 is 7.22. The molecule has 0 N–H and O–H groups in total. The second-order valence-corrected chi connectivity index (χ2v) is 5.94. The molecule has 0 amide bonds. The van der Waals surface area contributed by atoms with Crippen molar-refractivity contribution in [3.05, 3.63) is 42.0 Å². The first kappa shape index (κ1) is 13.0. The van der Waals surface area contributed by atoms with E-state index < -0.39 is 0 Å². The zero-order chi connectivity index (χ0) is 15.1. The summed E-state index contributed by atoms with van der Waals surface area (Å²) in [7, 11) is 3.82. The number of rotatable bonds is 3. The molecule has 0 spiro atoms. The van der Waals surface area contributed by atoms with Crippen molar-refractivity contribution in [3.8, 4) is 22.2 Å². The monoisotopic (exact) mass is 311 g/mol. The summed E-state index contributed by atoms with van der Waals surface area (Å²) in [6.45, 7) is 0. The minimum absolute atomic E-state index is 0.622. The van der Waals surface area contributed by atoms with Crippen LogP contribution in [0.2, 0.25) is 0 Å². The molecule has 0 aliphatic heterocycles. The molecule has 4 aromatic rings. The van der Waals surface area contributed by atoms with Gasteiger partial charge >= 0.3 is 0 Å². The summed E-state index contributed by atoms with van der Waals surface area (Å²) in [5.41, 5.74) is 1.63. The van der Waals surface area contributed by atoms with Gasteiger partial charge in [0.15, 0.2) is 11.4 Å². The Morgan fingerprint density at radius 1 is 1.18 bits per heavy atom. The van der Waals surface area contributed by atoms with Crippen molar-refractivity contribution in [2.24, 2.45) is 0 Å². The first-order valence-corrected chi connectivity index (χ1v) is 7.63. The Balaban J connectivity index is 1.99. The van der Waals surface area contributed by atoms with Crippen molar-refractivity contribution in [2.75, 3.05) is 19.0 Å². The Morgan fingerprint density at radius 3 is 2.77 bits per heavy atom. The van der Waals surface area contributed by atoms with Crippen LogP contribution < -0.4 is 4.90 Å². The van der Waals surface area contributed by atoms with E-state index in [0.717, 1.165) is 16.2 Å². The van der Waals surface area contributed by atoms with E-state index in [1.54, 1.807) is 22.1 Å². The number of furan rings is 1. The maximum atomic E-state index is 5.50. The molecule has 0 bridgehead atoms. The molecule has 6 nitrogen and oxygen atoms in total. The second kappa shape index (κ2) is 4.96. The van der Waals surface area contributed by atoms with Gasteiger partial charge in [-0.15, -0.1) is 11.3 Å². The fourth-order valence-electron chi connectivity index (χ4n) is 2.19. The van der Waals surface area contributed by atoms with Crippen LogP contribution in [-0.2, 0) is 0 Å². The van der Waals surface area contributed by atoms with E-state index in [4.69, 9.17) is 4.42 Å². The van der Waals surface area contributed by atoms with Crippen molar-refractivity contribution in [3.63, 3.8) is 0 Å². The van der Waals surface area contributed by atoms with Gasteiger partial charge < -0.3 is 9.32 Å². The fraction of sp³-hybridized carbons (Fsp3) is 0.133. The number of thiophene rings is 1. The van der Waals surface area contributed by atoms with Crippen LogP contribution in [0.1, 0.15) is 0 Å². The van der Waals surface area contributed by atoms with Crippen molar-refractivity contribution in [2.45, 2.75) is 0 Å². The van der Waals surface area contributed by atoms with Gasteiger partial charge in [0.2, 0.25) is 11.8 Å². The molecule has 0 saturated carbocycles. The average Bonchev–Trinajstić information content (AvgIpc) is 3.25. The number of nitrogens with zero attached hydrogens (tertiary/aromatic N) is 5. The highest BCUT2D eigenvalue weighted by Gasteiger charge is 2.16. The SMILES string of the molecule is CN(C)c1nc(-c2ccco2)n2nc(-c3cccs3)cc2n1. The van der Waals surface area contributed by atoms with Crippen LogP contribution in [0, 0.1) is 0 Å². The highest BCUT2D eigenvalue weighted by atomic mass is 32.1. The number of aromatic nitrogens is 4. The summed E-state index contributed by atoms with van der Waals surface area (Å²) in [5.74, 6) is 1.93. The van der Waals surface area contributed by atoms with E-state index in [9.17, 15) is 0 Å². The predicted octanol–water partition coefficient (Wildman–Crippen LogP) is 3.18. The van der Waals surface area contributed by atoms with E-state index in [2.05, 4.69) is 15.1 Å². The lowest BCUT2D eigenvalue weighted by Gasteiger charge is -2.11. The highest BCUT2D eigenvalue weighted by Crippen LogP contribution is 2.27. The fourth-order valence-corrected chi connectivity index (χ4v) is 2.87. The molecular weight excluding hydrogens is 298 g/mol. The molecule has 0 aromatic carbocycles. The summed E-state index contributed by atoms with van der Waals surface area (Å²) in [6.07, 6.45) is 1.63. The number of hydrogen-bond acceptors (Lipinski definition) is 6. The summed E-state index contributed by atoms with van der Waals surface area (Å²) >= 11 is 1.65. The largest absolute Gasteiger partial charge is 0.461 e. The first-order valence-electron chi connectivity index (χ1n) is 6.75. The lowest BCUT2D eigenvalue weighted by Crippen LogP contribution is -2.14. The standard InChI is InChI=1S/C15H13N5OS/c1-19(2)15-16-13-9-10(12-6-4-8-22-12)18-20(13)14(17-15)11-5-3-7-21-11/h3-9H,1-2H3. The number of fused-ring (bicyclic) bond motifs is 1. The first-order chi connectivity index (χ1) is 10.7. The van der Waals surface area contributed by atoms with E-state index >= 15 is 0 Å². The van der Waals surface area contributed by atoms with Gasteiger partial charge in [-0.2, -0.15) is 19.6 Å². The Morgan fingerprint density at radius 2 is 2.09 bits per heavy atom. The van der Waals surface area contributed by atoms with Gasteiger partial charge in [0, 0.05) is 20.2 Å². The molecule has 0 fully saturated rings. The van der Waals surface area contributed by atoms with Crippen LogP contribution in [0.4, 0.5) is 5.95 Å². The molecule has 4 aromatic heterocycles. The van der Waals surface area contributed by atoms with Gasteiger partial charge in [-0.3, -0.25) is 0 Å². The Labute approximate surface area is 130 Å². The second-order valence-electron chi connectivity index (χ2n) is 5.00. The summed E-state index contributed by atoms with van der Waals surface area (Å²) in [6, 6.07) is 9.72. The molecule has 0 aliphatic carbocycles. The zero-order valence-electron chi connectivity index (χ0n) is 12.1. The third kappa shape index (κ3) is 2.06. The maximum Gasteiger partial charge on any atom is 0.229 e. The summed E-state index contributed by atoms with van der Waals surface area (Å²) in [5, 5.41) is 6.67. The van der Waals surface area contributed by atoms with Gasteiger partial charge in [0.05, 0.1) is 11.1 Å². The molecule has 0 unspecified atom stereocenters. The highest BCUT2D eigenvalue weighted by molar-refractivity contribution is 7.13. The quantitative estimate of drug-likeness (QED) is 0.581. The Kier molecular flexibility index (Phi) is 2.93. The van der Waals surface area contributed by atoms with Gasteiger partial charge in [-0.1, -0.05) is 6.07 Å². The molecule has 7 heteroatoms. The normalized spacial score (nSPS) is 11.2. The van der Waals surface area contributed by atoms with Crippen LogP contribution in [0.25, 0.3) is 27.8 Å². The predicted molar refractivity (Wildman–Crippen MR) is 86.1 cm³/mol. The molecule has 0 saturated heterocycles. The minimum atomic E-state index is 0.622. The lowest BCUT2D eigenvalue weighted by molar-refractivity contribution is 0.573. The smallest absolute Gasteiger partial charge is 0.229 e. The molecule has 4 heterocycles. The lowest BCUT2D eigenvalue weighted by atomic mass is 10.3. The van der Waals surface area contributed by atoms with Gasteiger partial charge in [-0.05, 0) is 23.6 Å². The topological polar surface area (TPSA) is 59.5 Å². The zero-order valence-corrected chi connectivity index (χ0v) is 12.9. The Hall–Kier alpha value is -2.67. The van der Waals surface area contributed by atoms with Crippen LogP contribution in [0.3, 0.4) is 0 Å². The number of anilines is 1. The average molecular weight is 311 g/mol. The minimum Gasteiger partial charge on any atom is -0.461 e. The molecule has 0 radical (unpaired) electrons. The molecule has 22 heavy (non-hydrogen) atoms. The van der Waals surface area contributed by atoms with Crippen LogP contribution in [0.15, 0.2) is 46.4 Å². The van der Waals surface area contributed by atoms with E-state index in [1.165, 1.54) is 0 Å². The van der Waals surface area contributed by atoms with Crippen molar-refractivity contribution < 1.29 is 4.42 Å².